The van der Waals surface area contributed by atoms with Crippen molar-refractivity contribution in [1.82, 2.24) is 0 Å². The molecule has 14 nitrogen and oxygen atoms in total. The van der Waals surface area contributed by atoms with E-state index in [0.717, 1.165) is 143 Å². The number of anilines is 9. The zero-order chi connectivity index (χ0) is 75.6. The molecule has 3 aliphatic heterocycles. The number of nitriles is 1. The molecule has 3 heterocycles. The van der Waals surface area contributed by atoms with Crippen LogP contribution in [0.4, 0.5) is 68.2 Å². The third-order valence-electron chi connectivity index (χ3n) is 16.7. The molecule has 108 heavy (non-hydrogen) atoms. The monoisotopic (exact) mass is 1980 g/mol. The summed E-state index contributed by atoms with van der Waals surface area (Å²) in [6.07, 6.45) is 1.85. The second-order valence-corrected chi connectivity index (χ2v) is 28.5. The smallest absolute Gasteiger partial charge is 0.457 e. The molecule has 23 heteroatoms. The third-order valence-corrected chi connectivity index (χ3v) is 19.8. The number of hydrogen-bond donors (Lipinski definition) is 3. The molecule has 13 aromatic carbocycles. The molecule has 6 N–H and O–H groups in total. The minimum Gasteiger partial charge on any atom is -0.457 e. The fourth-order valence-corrected chi connectivity index (χ4v) is 14.2. The summed E-state index contributed by atoms with van der Waals surface area (Å²) in [5.41, 5.74) is 37.5. The summed E-state index contributed by atoms with van der Waals surface area (Å²) >= 11 is 20.5. The Hall–Kier alpha value is -9.69. The number of nitrogen functional groups attached to an aromatic ring is 3. The Bertz CT molecular complexity index is 5220. The molecule has 0 aromatic heterocycles. The minimum atomic E-state index is -0.436. The van der Waals surface area contributed by atoms with Crippen LogP contribution in [0, 0.1) is 46.4 Å². The van der Waals surface area contributed by atoms with Crippen LogP contribution in [-0.4, -0.2) is 26.3 Å². The predicted molar refractivity (Wildman–Crippen MR) is 458 cm³/mol. The van der Waals surface area contributed by atoms with Gasteiger partial charge < -0.3 is 48.3 Å². The summed E-state index contributed by atoms with van der Waals surface area (Å²) in [6.45, 7) is 20.1. The van der Waals surface area contributed by atoms with Crippen LogP contribution >= 0.6 is 105 Å². The number of fused-ring (bicyclic) bond motifs is 6. The van der Waals surface area contributed by atoms with E-state index < -0.39 is 4.92 Å². The fraction of sp³-hybridized carbons (Fsp3) is 0.0353. The van der Waals surface area contributed by atoms with Crippen molar-refractivity contribution in [2.45, 2.75) is 20.3 Å². The average molecular weight is 1980 g/mol. The molecule has 13 aromatic rings. The Labute approximate surface area is 705 Å². The molecule has 0 saturated carbocycles. The van der Waals surface area contributed by atoms with E-state index in [0.29, 0.717) is 42.9 Å². The Balaban J connectivity index is 0.000000189. The van der Waals surface area contributed by atoms with Gasteiger partial charge in [0.05, 0.1) is 45.5 Å². The van der Waals surface area contributed by atoms with Gasteiger partial charge in [0.1, 0.15) is 11.5 Å². The molecule has 0 spiro atoms. The Morgan fingerprint density at radius 1 is 0.426 bits per heavy atom. The van der Waals surface area contributed by atoms with Crippen LogP contribution in [0.15, 0.2) is 300 Å². The van der Waals surface area contributed by atoms with Gasteiger partial charge in [-0.3, -0.25) is 10.1 Å². The maximum Gasteiger partial charge on any atom is 1.00 e. The number of hydrogen-bond acceptors (Lipinski definition) is 11. The Morgan fingerprint density at radius 3 is 1.19 bits per heavy atom. The van der Waals surface area contributed by atoms with Gasteiger partial charge in [-0.05, 0) is 194 Å². The van der Waals surface area contributed by atoms with Crippen molar-refractivity contribution in [3.05, 3.63) is 367 Å². The van der Waals surface area contributed by atoms with E-state index in [-0.39, 0.29) is 30.2 Å². The van der Waals surface area contributed by atoms with Crippen molar-refractivity contribution in [2.24, 2.45) is 0 Å². The molecule has 0 unspecified atom stereocenters. The summed E-state index contributed by atoms with van der Waals surface area (Å²) in [5, 5.41) is 26.9. The second-order valence-electron chi connectivity index (χ2n) is 23.1. The first kappa shape index (κ1) is 83.9. The van der Waals surface area contributed by atoms with Crippen molar-refractivity contribution < 1.29 is 31.5 Å². The van der Waals surface area contributed by atoms with Crippen molar-refractivity contribution in [3.63, 3.8) is 0 Å². The first-order valence-corrected chi connectivity index (χ1v) is 40.8. The summed E-state index contributed by atoms with van der Waals surface area (Å²) in [5.74, 6) is 3.48. The number of nitrogens with zero attached hydrogens (tertiary/aromatic N) is 7. The molecule has 0 aliphatic carbocycles. The molecular weight excluding hydrogens is 1920 g/mol. The van der Waals surface area contributed by atoms with E-state index in [2.05, 4.69) is 194 Å². The molecule has 0 fully saturated rings. The number of nitro benzene ring substituents is 1. The largest absolute Gasteiger partial charge is 1.00 e. The van der Waals surface area contributed by atoms with Crippen LogP contribution < -0.4 is 36.5 Å². The fourth-order valence-electron chi connectivity index (χ4n) is 11.9. The van der Waals surface area contributed by atoms with E-state index >= 15 is 0 Å². The maximum atomic E-state index is 10.4. The number of halogens is 7. The average Bonchev–Trinajstić information content (AvgIpc) is 0.755. The molecule has 16 rings (SSSR count). The van der Waals surface area contributed by atoms with Gasteiger partial charge >= 0.3 is 47.4 Å². The van der Waals surface area contributed by atoms with E-state index in [9.17, 15) is 15.4 Å². The van der Waals surface area contributed by atoms with Gasteiger partial charge in [0.15, 0.2) is 22.9 Å². The molecular formula is C85H60Br6ClCuN10O4Sn. The molecule has 0 saturated heterocycles. The summed E-state index contributed by atoms with van der Waals surface area (Å²) in [7, 11) is 4.77. The molecule has 2 radical (unpaired) electrons. The summed E-state index contributed by atoms with van der Waals surface area (Å²) in [4.78, 5) is 21.7. The van der Waals surface area contributed by atoms with Gasteiger partial charge in [0, 0.05) is 92.2 Å². The van der Waals surface area contributed by atoms with Crippen LogP contribution in [0.5, 0.6) is 23.0 Å². The maximum absolute atomic E-state index is 10.4. The van der Waals surface area contributed by atoms with Gasteiger partial charge in [-0.15, -0.1) is 0 Å². The van der Waals surface area contributed by atoms with Crippen LogP contribution in [0.2, 0.25) is 0 Å². The topological polar surface area (TPSA) is 202 Å². The quantitative estimate of drug-likeness (QED) is 0.0470. The first-order chi connectivity index (χ1) is 51.5. The number of rotatable bonds is 6. The van der Waals surface area contributed by atoms with Crippen molar-refractivity contribution >= 4 is 194 Å². The number of para-hydroxylation sites is 8. The molecule has 0 bridgehead atoms. The predicted octanol–water partition coefficient (Wildman–Crippen LogP) is 27.1. The van der Waals surface area contributed by atoms with Crippen molar-refractivity contribution in [3.8, 4) is 62.4 Å². The van der Waals surface area contributed by atoms with Crippen molar-refractivity contribution in [1.29, 1.82) is 10.5 Å². The van der Waals surface area contributed by atoms with Crippen LogP contribution in [-0.2, 0) is 29.9 Å². The van der Waals surface area contributed by atoms with Gasteiger partial charge in [0.2, 0.25) is 0 Å². The number of nitrogens with two attached hydrogens (primary N) is 3. The second kappa shape index (κ2) is 39.9. The number of benzene rings is 13. The molecule has 0 amide bonds. The third kappa shape index (κ3) is 20.0. The van der Waals surface area contributed by atoms with Crippen LogP contribution in [0.1, 0.15) is 35.2 Å². The number of ether oxygens (including phenoxy) is 2. The number of nitro groups is 1. The molecule has 0 atom stereocenters. The van der Waals surface area contributed by atoms with Gasteiger partial charge in [0.25, 0.3) is 5.69 Å². The molecule has 538 valence electrons. The van der Waals surface area contributed by atoms with Crippen LogP contribution in [0.25, 0.3) is 43.1 Å². The normalized spacial score (nSPS) is 10.9. The van der Waals surface area contributed by atoms with E-state index in [4.69, 9.17) is 60.6 Å². The van der Waals surface area contributed by atoms with E-state index in [1.54, 1.807) is 18.2 Å². The zero-order valence-electron chi connectivity index (χ0n) is 55.9. The Kier molecular flexibility index (Phi) is 31.0. The minimum absolute atomic E-state index is 0. The van der Waals surface area contributed by atoms with E-state index in [1.807, 2.05) is 176 Å². The van der Waals surface area contributed by atoms with E-state index in [1.165, 1.54) is 28.3 Å². The summed E-state index contributed by atoms with van der Waals surface area (Å²) < 4.78 is 16.9. The first-order valence-electron chi connectivity index (χ1n) is 31.9. The molecule has 3 aliphatic rings. The standard InChI is InChI=1S/C39H24N4O.C13H8Br2N2.C13H10O.C12H10Br2N2.C6H3Br2NO2.CN.CH4.ClH.Cu.Sn.H/c1-41-33-24-30(42-34-12-4-2-10-26(34)22-27-11-3-5-13-35(27)42)19-21-32(33)31-20-18-29(23-28(31)25-40)43-36-14-6-8-16-38(36)44-39-17-9-7-15-37(39)43;1-17-13-7-9(15)3-5-11(13)10-4-2-8(14)6-12(10)16;1-3-7-12-10(5-1)9-11-6-2-4-8-13(11)14-12;13-7-1-3-9(11(15)5-7)10-4-2-8(14)6-12(10)16;7-4-1-2-5(8)6(3-4)9(10)11;1-2;;;;;/h2-21,23-24H,22H2;2-7H,16H2;1-8H,9H2;1-6H,15-16H2;1-3H;;1H4;1H;;;/q;;;;;-1;;;2*+1;/p-1. The van der Waals surface area contributed by atoms with Gasteiger partial charge in [-0.2, -0.15) is 5.26 Å². The van der Waals surface area contributed by atoms with Crippen molar-refractivity contribution in [2.75, 3.05) is 27.0 Å². The Morgan fingerprint density at radius 2 is 0.750 bits per heavy atom. The zero-order valence-corrected chi connectivity index (χ0v) is 70.4. The summed E-state index contributed by atoms with van der Waals surface area (Å²) in [6, 6.07) is 90.8. The van der Waals surface area contributed by atoms with Crippen LogP contribution in [0.3, 0.4) is 0 Å². The SMILES string of the molecule is C.Nc1cc(Br)ccc1-c1ccc(Br)cc1N.O=[N+]([O-])c1cc(Br)ccc1Br.[C-]#N.[C-]#[N+]c1cc(Br)ccc1-c1ccc(Br)cc1N.[C-]#[N+]c1cc(N2c3ccccc3Cc3ccccc32)ccc1-c1ccc(N2c3ccccc3Oc3ccccc32)cc1C#N.[Cl][SnH].[Cu+].c1ccc2c(c1)Cc1ccccc1O2. The van der Waals surface area contributed by atoms with Gasteiger partial charge in [-0.25, -0.2) is 9.69 Å². The van der Waals surface area contributed by atoms with Gasteiger partial charge in [-0.1, -0.05) is 221 Å².